The van der Waals surface area contributed by atoms with Crippen LogP contribution in [0.25, 0.3) is 11.3 Å². The lowest BCUT2D eigenvalue weighted by molar-refractivity contribution is 0.102. The van der Waals surface area contributed by atoms with Gasteiger partial charge >= 0.3 is 0 Å². The van der Waals surface area contributed by atoms with Crippen LogP contribution in [0.3, 0.4) is 0 Å². The minimum Gasteiger partial charge on any atom is -0.495 e. The maximum Gasteiger partial charge on any atom is 0.255 e. The molecular weight excluding hydrogens is 344 g/mol. The van der Waals surface area contributed by atoms with Crippen molar-refractivity contribution in [2.75, 3.05) is 12.4 Å². The van der Waals surface area contributed by atoms with Crippen molar-refractivity contribution in [1.82, 2.24) is 4.98 Å². The number of hydrogen-bond donors (Lipinski definition) is 1. The molecule has 6 heteroatoms. The lowest BCUT2D eigenvalue weighted by atomic mass is 10.1. The maximum absolute atomic E-state index is 12.4. The van der Waals surface area contributed by atoms with E-state index in [9.17, 15) is 4.79 Å². The van der Waals surface area contributed by atoms with Gasteiger partial charge < -0.3 is 10.1 Å². The molecule has 0 atom stereocenters. The summed E-state index contributed by atoms with van der Waals surface area (Å²) in [6, 6.07) is 12.4. The Morgan fingerprint density at radius 3 is 2.58 bits per heavy atom. The van der Waals surface area contributed by atoms with Crippen LogP contribution in [0.4, 0.5) is 5.69 Å². The molecule has 0 radical (unpaired) electrons. The highest BCUT2D eigenvalue weighted by Crippen LogP contribution is 2.28. The number of anilines is 1. The molecule has 0 fully saturated rings. The van der Waals surface area contributed by atoms with Crippen LogP contribution in [0.15, 0.2) is 47.8 Å². The summed E-state index contributed by atoms with van der Waals surface area (Å²) in [7, 11) is 1.55. The first kappa shape index (κ1) is 16.5. The van der Waals surface area contributed by atoms with Crippen LogP contribution in [0, 0.1) is 6.92 Å². The largest absolute Gasteiger partial charge is 0.495 e. The van der Waals surface area contributed by atoms with Gasteiger partial charge in [-0.3, -0.25) is 4.79 Å². The maximum atomic E-state index is 12.4. The van der Waals surface area contributed by atoms with E-state index in [0.29, 0.717) is 22.0 Å². The van der Waals surface area contributed by atoms with Crippen LogP contribution in [-0.4, -0.2) is 18.0 Å². The minimum absolute atomic E-state index is 0.225. The highest BCUT2D eigenvalue weighted by atomic mass is 35.5. The fraction of sp³-hybridized carbons (Fsp3) is 0.111. The fourth-order valence-electron chi connectivity index (χ4n) is 2.26. The summed E-state index contributed by atoms with van der Waals surface area (Å²) >= 11 is 7.58. The van der Waals surface area contributed by atoms with Crippen LogP contribution < -0.4 is 10.1 Å². The van der Waals surface area contributed by atoms with Crippen molar-refractivity contribution < 1.29 is 9.53 Å². The number of thiazole rings is 1. The zero-order valence-corrected chi connectivity index (χ0v) is 14.7. The van der Waals surface area contributed by atoms with Gasteiger partial charge in [0.25, 0.3) is 5.91 Å². The predicted octanol–water partition coefficient (Wildman–Crippen LogP) is 5.03. The first-order valence-electron chi connectivity index (χ1n) is 7.24. The normalized spacial score (nSPS) is 10.5. The molecular formula is C18H15ClN2O2S. The molecule has 3 aromatic rings. The Labute approximate surface area is 149 Å². The highest BCUT2D eigenvalue weighted by Gasteiger charge is 2.11. The molecule has 4 nitrogen and oxygen atoms in total. The van der Waals surface area contributed by atoms with Gasteiger partial charge in [0, 0.05) is 21.5 Å². The molecule has 2 aromatic carbocycles. The summed E-state index contributed by atoms with van der Waals surface area (Å²) in [4.78, 5) is 16.9. The number of methoxy groups -OCH3 is 1. The van der Waals surface area contributed by atoms with Gasteiger partial charge in [-0.2, -0.15) is 0 Å². The van der Waals surface area contributed by atoms with E-state index in [1.807, 2.05) is 24.4 Å². The third kappa shape index (κ3) is 3.58. The van der Waals surface area contributed by atoms with Gasteiger partial charge in [0.1, 0.15) is 5.75 Å². The van der Waals surface area contributed by atoms with Gasteiger partial charge in [0.05, 0.1) is 23.5 Å². The number of aryl methyl sites for hydroxylation is 1. The van der Waals surface area contributed by atoms with Gasteiger partial charge in [-0.15, -0.1) is 11.3 Å². The average molecular weight is 359 g/mol. The van der Waals surface area contributed by atoms with Gasteiger partial charge in [-0.1, -0.05) is 23.7 Å². The van der Waals surface area contributed by atoms with E-state index in [2.05, 4.69) is 10.3 Å². The Bertz CT molecular complexity index is 875. The molecule has 1 N–H and O–H groups in total. The number of ether oxygens (including phenoxy) is 1. The lowest BCUT2D eigenvalue weighted by Crippen LogP contribution is -2.12. The Morgan fingerprint density at radius 1 is 1.21 bits per heavy atom. The monoisotopic (exact) mass is 358 g/mol. The van der Waals surface area contributed by atoms with Gasteiger partial charge in [-0.25, -0.2) is 4.98 Å². The molecule has 0 aliphatic heterocycles. The van der Waals surface area contributed by atoms with E-state index in [1.165, 1.54) is 0 Å². The van der Waals surface area contributed by atoms with Crippen molar-refractivity contribution in [2.24, 2.45) is 0 Å². The number of hydrogen-bond acceptors (Lipinski definition) is 4. The molecule has 0 aliphatic carbocycles. The second-order valence-electron chi connectivity index (χ2n) is 5.13. The summed E-state index contributed by atoms with van der Waals surface area (Å²) < 4.78 is 5.24. The average Bonchev–Trinajstić information content (AvgIpc) is 3.02. The quantitative estimate of drug-likeness (QED) is 0.711. The molecule has 0 spiro atoms. The van der Waals surface area contributed by atoms with Crippen molar-refractivity contribution in [3.05, 3.63) is 63.4 Å². The van der Waals surface area contributed by atoms with Gasteiger partial charge in [0.15, 0.2) is 0 Å². The number of nitrogens with zero attached hydrogens (tertiary/aromatic N) is 1. The van der Waals surface area contributed by atoms with Crippen molar-refractivity contribution in [3.63, 3.8) is 0 Å². The summed E-state index contributed by atoms with van der Waals surface area (Å²) in [5.41, 5.74) is 2.99. The number of halogens is 1. The van der Waals surface area contributed by atoms with Crippen LogP contribution >= 0.6 is 22.9 Å². The fourth-order valence-corrected chi connectivity index (χ4v) is 3.05. The van der Waals surface area contributed by atoms with E-state index in [4.69, 9.17) is 16.3 Å². The molecule has 0 saturated carbocycles. The Kier molecular flexibility index (Phi) is 4.83. The number of amides is 1. The molecule has 0 aliphatic rings. The first-order chi connectivity index (χ1) is 11.6. The van der Waals surface area contributed by atoms with E-state index >= 15 is 0 Å². The van der Waals surface area contributed by atoms with E-state index in [1.54, 1.807) is 48.8 Å². The third-order valence-electron chi connectivity index (χ3n) is 3.47. The van der Waals surface area contributed by atoms with E-state index < -0.39 is 0 Å². The smallest absolute Gasteiger partial charge is 0.255 e. The molecule has 122 valence electrons. The summed E-state index contributed by atoms with van der Waals surface area (Å²) in [5.74, 6) is 0.332. The Balaban J connectivity index is 1.79. The van der Waals surface area contributed by atoms with Gasteiger partial charge in [0.2, 0.25) is 0 Å². The van der Waals surface area contributed by atoms with Crippen LogP contribution in [0.5, 0.6) is 5.75 Å². The number of benzene rings is 2. The van der Waals surface area contributed by atoms with Crippen LogP contribution in [0.1, 0.15) is 15.4 Å². The SMILES string of the molecule is COc1ccc(Cl)cc1NC(=O)c1ccc(-c2csc(C)n2)cc1. The number of carbonyl (C=O) groups excluding carboxylic acids is 1. The molecule has 0 saturated heterocycles. The molecule has 1 amide bonds. The second kappa shape index (κ2) is 7.03. The summed E-state index contributed by atoms with van der Waals surface area (Å²) in [6.45, 7) is 1.97. The topological polar surface area (TPSA) is 51.2 Å². The number of rotatable bonds is 4. The van der Waals surface area contributed by atoms with Gasteiger partial charge in [-0.05, 0) is 37.3 Å². The van der Waals surface area contributed by atoms with Crippen LogP contribution in [0.2, 0.25) is 5.02 Å². The zero-order chi connectivity index (χ0) is 17.1. The number of nitrogens with one attached hydrogen (secondary N) is 1. The summed E-state index contributed by atoms with van der Waals surface area (Å²) in [5, 5.41) is 6.36. The number of carbonyl (C=O) groups is 1. The molecule has 1 aromatic heterocycles. The Morgan fingerprint density at radius 2 is 1.96 bits per heavy atom. The van der Waals surface area contributed by atoms with Crippen molar-refractivity contribution in [1.29, 1.82) is 0 Å². The van der Waals surface area contributed by atoms with Crippen molar-refractivity contribution in [3.8, 4) is 17.0 Å². The standard InChI is InChI=1S/C18H15ClN2O2S/c1-11-20-16(10-24-11)12-3-5-13(6-4-12)18(22)21-15-9-14(19)7-8-17(15)23-2/h3-10H,1-2H3,(H,21,22). The van der Waals surface area contributed by atoms with Crippen LogP contribution in [-0.2, 0) is 0 Å². The molecule has 24 heavy (non-hydrogen) atoms. The molecule has 1 heterocycles. The number of aromatic nitrogens is 1. The first-order valence-corrected chi connectivity index (χ1v) is 8.50. The minimum atomic E-state index is -0.225. The molecule has 0 unspecified atom stereocenters. The Hall–Kier alpha value is -2.37. The second-order valence-corrected chi connectivity index (χ2v) is 6.63. The van der Waals surface area contributed by atoms with E-state index in [0.717, 1.165) is 16.3 Å². The summed E-state index contributed by atoms with van der Waals surface area (Å²) in [6.07, 6.45) is 0. The lowest BCUT2D eigenvalue weighted by Gasteiger charge is -2.10. The van der Waals surface area contributed by atoms with Crippen molar-refractivity contribution in [2.45, 2.75) is 6.92 Å². The highest BCUT2D eigenvalue weighted by molar-refractivity contribution is 7.09. The van der Waals surface area contributed by atoms with Crippen molar-refractivity contribution >= 4 is 34.5 Å². The molecule has 0 bridgehead atoms. The zero-order valence-electron chi connectivity index (χ0n) is 13.2. The predicted molar refractivity (Wildman–Crippen MR) is 98.2 cm³/mol. The van der Waals surface area contributed by atoms with E-state index in [-0.39, 0.29) is 5.91 Å². The third-order valence-corrected chi connectivity index (χ3v) is 4.48. The molecule has 3 rings (SSSR count).